The van der Waals surface area contributed by atoms with Crippen molar-refractivity contribution in [2.24, 2.45) is 0 Å². The van der Waals surface area contributed by atoms with Crippen LogP contribution in [0.1, 0.15) is 99.5 Å². The standard InChI is InChI=1S/C32H44O5/c1-5-32(6-2,26-13-12-25(23(3)20-26)16-19-31(36)17-7-8-18-31)27-14-15-29(24(4)21-27)37-22-28(33)10-9-11-30(34)35/h12-16,19-21,28,33,36H,5-11,17-18,22H2,1-4H3,(H,34,35)/t28-/m0/s1. The molecule has 1 atom stereocenters. The predicted octanol–water partition coefficient (Wildman–Crippen LogP) is 6.72. The van der Waals surface area contributed by atoms with Crippen molar-refractivity contribution in [3.63, 3.8) is 0 Å². The maximum Gasteiger partial charge on any atom is 0.303 e. The summed E-state index contributed by atoms with van der Waals surface area (Å²) in [6, 6.07) is 13.0. The summed E-state index contributed by atoms with van der Waals surface area (Å²) in [5.74, 6) is -0.109. The minimum Gasteiger partial charge on any atom is -0.491 e. The zero-order valence-electron chi connectivity index (χ0n) is 22.9. The molecule has 1 aliphatic rings. The first-order chi connectivity index (χ1) is 17.6. The summed E-state index contributed by atoms with van der Waals surface area (Å²) in [5, 5.41) is 29.6. The number of carbonyl (C=O) groups is 1. The van der Waals surface area contributed by atoms with E-state index in [0.29, 0.717) is 12.8 Å². The van der Waals surface area contributed by atoms with E-state index in [0.717, 1.165) is 55.4 Å². The Labute approximate surface area is 222 Å². The van der Waals surface area contributed by atoms with E-state index in [4.69, 9.17) is 9.84 Å². The molecule has 1 saturated carbocycles. The Balaban J connectivity index is 1.77. The highest BCUT2D eigenvalue weighted by Crippen LogP contribution is 2.41. The number of aliphatic carboxylic acids is 1. The second-order valence-electron chi connectivity index (χ2n) is 10.7. The minimum absolute atomic E-state index is 0.0554. The summed E-state index contributed by atoms with van der Waals surface area (Å²) in [4.78, 5) is 10.7. The van der Waals surface area contributed by atoms with Gasteiger partial charge in [0.15, 0.2) is 0 Å². The van der Waals surface area contributed by atoms with Gasteiger partial charge in [-0.15, -0.1) is 0 Å². The molecular weight excluding hydrogens is 464 g/mol. The topological polar surface area (TPSA) is 87.0 Å². The molecule has 5 nitrogen and oxygen atoms in total. The lowest BCUT2D eigenvalue weighted by atomic mass is 9.70. The molecule has 0 aliphatic heterocycles. The predicted molar refractivity (Wildman–Crippen MR) is 149 cm³/mol. The molecule has 0 amide bonds. The average Bonchev–Trinajstić information content (AvgIpc) is 3.30. The molecule has 1 aliphatic carbocycles. The molecule has 0 spiro atoms. The van der Waals surface area contributed by atoms with Crippen LogP contribution in [-0.2, 0) is 10.2 Å². The minimum atomic E-state index is -0.848. The number of rotatable bonds is 13. The van der Waals surface area contributed by atoms with Crippen molar-refractivity contribution >= 4 is 12.0 Å². The van der Waals surface area contributed by atoms with Crippen molar-refractivity contribution in [2.45, 2.75) is 103 Å². The Bertz CT molecular complexity index is 1080. The van der Waals surface area contributed by atoms with Crippen LogP contribution >= 0.6 is 0 Å². The van der Waals surface area contributed by atoms with Gasteiger partial charge in [0.2, 0.25) is 0 Å². The zero-order chi connectivity index (χ0) is 27.1. The Morgan fingerprint density at radius 1 is 1.05 bits per heavy atom. The van der Waals surface area contributed by atoms with E-state index < -0.39 is 17.7 Å². The van der Waals surface area contributed by atoms with Gasteiger partial charge in [0.1, 0.15) is 12.4 Å². The van der Waals surface area contributed by atoms with E-state index in [1.807, 2.05) is 19.1 Å². The Kier molecular flexibility index (Phi) is 9.97. The van der Waals surface area contributed by atoms with Gasteiger partial charge in [-0.3, -0.25) is 4.79 Å². The number of aliphatic hydroxyl groups is 2. The van der Waals surface area contributed by atoms with Crippen LogP contribution in [0.25, 0.3) is 6.08 Å². The molecule has 0 bridgehead atoms. The number of hydrogen-bond acceptors (Lipinski definition) is 4. The van der Waals surface area contributed by atoms with Gasteiger partial charge in [-0.1, -0.05) is 69.2 Å². The highest BCUT2D eigenvalue weighted by Gasteiger charge is 2.32. The van der Waals surface area contributed by atoms with Gasteiger partial charge >= 0.3 is 5.97 Å². The fraction of sp³-hybridized carbons (Fsp3) is 0.531. The van der Waals surface area contributed by atoms with E-state index in [1.54, 1.807) is 0 Å². The van der Waals surface area contributed by atoms with E-state index in [1.165, 1.54) is 16.7 Å². The largest absolute Gasteiger partial charge is 0.491 e. The van der Waals surface area contributed by atoms with Gasteiger partial charge in [-0.05, 0) is 86.3 Å². The SMILES string of the molecule is CCC(CC)(c1ccc(C=CC2(O)CCCC2)c(C)c1)c1ccc(OC[C@@H](O)CCCC(=O)O)c(C)c1. The van der Waals surface area contributed by atoms with Crippen LogP contribution in [-0.4, -0.2) is 39.6 Å². The molecule has 0 aromatic heterocycles. The molecule has 3 rings (SSSR count). The van der Waals surface area contributed by atoms with Gasteiger partial charge in [-0.2, -0.15) is 0 Å². The molecule has 2 aromatic carbocycles. The lowest BCUT2D eigenvalue weighted by Crippen LogP contribution is -2.26. The molecule has 0 radical (unpaired) electrons. The van der Waals surface area contributed by atoms with Crippen LogP contribution in [0.2, 0.25) is 0 Å². The van der Waals surface area contributed by atoms with E-state index in [-0.39, 0.29) is 18.4 Å². The van der Waals surface area contributed by atoms with Gasteiger partial charge in [0.25, 0.3) is 0 Å². The Morgan fingerprint density at radius 3 is 2.24 bits per heavy atom. The van der Waals surface area contributed by atoms with Crippen molar-refractivity contribution < 1.29 is 24.9 Å². The van der Waals surface area contributed by atoms with Crippen LogP contribution in [0.5, 0.6) is 5.75 Å². The quantitative estimate of drug-likeness (QED) is 0.279. The normalized spacial score (nSPS) is 16.3. The number of aliphatic hydroxyl groups excluding tert-OH is 1. The van der Waals surface area contributed by atoms with Gasteiger partial charge < -0.3 is 20.1 Å². The summed E-state index contributed by atoms with van der Waals surface area (Å²) in [7, 11) is 0. The van der Waals surface area contributed by atoms with Gasteiger partial charge in [0, 0.05) is 11.8 Å². The first-order valence-electron chi connectivity index (χ1n) is 13.8. The lowest BCUT2D eigenvalue weighted by Gasteiger charge is -2.34. The second-order valence-corrected chi connectivity index (χ2v) is 10.7. The first kappa shape index (κ1) is 28.9. The third-order valence-corrected chi connectivity index (χ3v) is 8.16. The van der Waals surface area contributed by atoms with E-state index in [9.17, 15) is 15.0 Å². The van der Waals surface area contributed by atoms with Crippen molar-refractivity contribution in [3.8, 4) is 5.75 Å². The third kappa shape index (κ3) is 7.24. The maximum absolute atomic E-state index is 10.7. The molecule has 37 heavy (non-hydrogen) atoms. The highest BCUT2D eigenvalue weighted by atomic mass is 16.5. The molecular formula is C32H44O5. The number of hydrogen-bond donors (Lipinski definition) is 3. The van der Waals surface area contributed by atoms with Crippen LogP contribution in [0.3, 0.4) is 0 Å². The highest BCUT2D eigenvalue weighted by molar-refractivity contribution is 5.66. The molecule has 0 saturated heterocycles. The number of benzene rings is 2. The Hall–Kier alpha value is -2.63. The molecule has 0 heterocycles. The number of aryl methyl sites for hydroxylation is 2. The third-order valence-electron chi connectivity index (χ3n) is 8.16. The smallest absolute Gasteiger partial charge is 0.303 e. The second kappa shape index (κ2) is 12.7. The Morgan fingerprint density at radius 2 is 1.68 bits per heavy atom. The number of carboxylic acid groups (broad SMARTS) is 1. The van der Waals surface area contributed by atoms with Crippen molar-refractivity contribution in [1.82, 2.24) is 0 Å². The van der Waals surface area contributed by atoms with Crippen LogP contribution in [0.4, 0.5) is 0 Å². The van der Waals surface area contributed by atoms with Crippen molar-refractivity contribution in [1.29, 1.82) is 0 Å². The zero-order valence-corrected chi connectivity index (χ0v) is 22.9. The van der Waals surface area contributed by atoms with Gasteiger partial charge in [-0.25, -0.2) is 0 Å². The fourth-order valence-corrected chi connectivity index (χ4v) is 5.66. The maximum atomic E-state index is 10.7. The molecule has 202 valence electrons. The average molecular weight is 509 g/mol. The molecule has 5 heteroatoms. The summed E-state index contributed by atoms with van der Waals surface area (Å²) in [5.41, 5.74) is 5.11. The van der Waals surface area contributed by atoms with Crippen LogP contribution in [0.15, 0.2) is 42.5 Å². The fourth-order valence-electron chi connectivity index (χ4n) is 5.66. The first-order valence-corrected chi connectivity index (χ1v) is 13.8. The molecule has 0 unspecified atom stereocenters. The van der Waals surface area contributed by atoms with E-state index >= 15 is 0 Å². The van der Waals surface area contributed by atoms with E-state index in [2.05, 4.69) is 57.2 Å². The van der Waals surface area contributed by atoms with Crippen molar-refractivity contribution in [3.05, 3.63) is 70.3 Å². The van der Waals surface area contributed by atoms with Crippen LogP contribution < -0.4 is 4.74 Å². The number of carboxylic acids is 1. The van der Waals surface area contributed by atoms with Crippen molar-refractivity contribution in [2.75, 3.05) is 6.61 Å². The summed E-state index contributed by atoms with van der Waals surface area (Å²) < 4.78 is 5.88. The monoisotopic (exact) mass is 508 g/mol. The molecule has 1 fully saturated rings. The molecule has 3 N–H and O–H groups in total. The summed E-state index contributed by atoms with van der Waals surface area (Å²) in [6.45, 7) is 8.78. The molecule has 2 aromatic rings. The van der Waals surface area contributed by atoms with Crippen LogP contribution in [0, 0.1) is 13.8 Å². The summed E-state index contributed by atoms with van der Waals surface area (Å²) in [6.07, 6.45) is 10.1. The number of ether oxygens (including phenoxy) is 1. The lowest BCUT2D eigenvalue weighted by molar-refractivity contribution is -0.137. The summed E-state index contributed by atoms with van der Waals surface area (Å²) >= 11 is 0. The van der Waals surface area contributed by atoms with Gasteiger partial charge in [0.05, 0.1) is 11.7 Å².